The SMILES string of the molecule is CO/C(=C\c1c(F)cc(C(=O)Nc2nc(C3C=CC=CC3(F)OCCC(C)C)cs2)cc1F)C(=O)O. The molecule has 1 heterocycles. The van der Waals surface area contributed by atoms with Crippen molar-refractivity contribution in [3.8, 4) is 0 Å². The molecule has 0 spiro atoms. The number of rotatable bonds is 10. The van der Waals surface area contributed by atoms with Crippen LogP contribution >= 0.6 is 11.3 Å². The highest BCUT2D eigenvalue weighted by Gasteiger charge is 2.40. The molecule has 0 fully saturated rings. The fourth-order valence-electron chi connectivity index (χ4n) is 3.33. The zero-order valence-corrected chi connectivity index (χ0v) is 20.6. The first-order chi connectivity index (χ1) is 17.0. The number of methoxy groups -OCH3 is 1. The van der Waals surface area contributed by atoms with Gasteiger partial charge in [-0.1, -0.05) is 32.1 Å². The van der Waals surface area contributed by atoms with Gasteiger partial charge in [0.05, 0.1) is 25.3 Å². The lowest BCUT2D eigenvalue weighted by molar-refractivity contribution is -0.135. The van der Waals surface area contributed by atoms with Crippen LogP contribution in [0.4, 0.5) is 18.3 Å². The van der Waals surface area contributed by atoms with Crippen molar-refractivity contribution in [2.24, 2.45) is 5.92 Å². The monoisotopic (exact) mass is 522 g/mol. The van der Waals surface area contributed by atoms with E-state index in [2.05, 4.69) is 15.0 Å². The molecule has 36 heavy (non-hydrogen) atoms. The second kappa shape index (κ2) is 11.5. The van der Waals surface area contributed by atoms with Crippen LogP contribution in [0.1, 0.15) is 47.8 Å². The summed E-state index contributed by atoms with van der Waals surface area (Å²) in [5.41, 5.74) is -0.705. The average Bonchev–Trinajstić information content (AvgIpc) is 3.26. The number of carboxylic acid groups (broad SMARTS) is 1. The maximum atomic E-state index is 15.6. The number of ether oxygens (including phenoxy) is 2. The number of alkyl halides is 1. The van der Waals surface area contributed by atoms with Crippen LogP contribution in [0.3, 0.4) is 0 Å². The number of allylic oxidation sites excluding steroid dienone is 2. The Kier molecular flexibility index (Phi) is 8.70. The highest BCUT2D eigenvalue weighted by molar-refractivity contribution is 7.14. The van der Waals surface area contributed by atoms with Gasteiger partial charge in [0.1, 0.15) is 11.6 Å². The van der Waals surface area contributed by atoms with Crippen molar-refractivity contribution in [2.45, 2.75) is 32.0 Å². The molecule has 0 bridgehead atoms. The first-order valence-electron chi connectivity index (χ1n) is 11.0. The van der Waals surface area contributed by atoms with E-state index in [4.69, 9.17) is 9.84 Å². The number of carboxylic acids is 1. The van der Waals surface area contributed by atoms with Crippen molar-refractivity contribution in [1.82, 2.24) is 4.98 Å². The zero-order valence-electron chi connectivity index (χ0n) is 19.8. The molecule has 3 rings (SSSR count). The van der Waals surface area contributed by atoms with Crippen molar-refractivity contribution in [3.63, 3.8) is 0 Å². The lowest BCUT2D eigenvalue weighted by Crippen LogP contribution is -2.34. The molecule has 1 amide bonds. The molecule has 0 aliphatic heterocycles. The molecule has 11 heteroatoms. The maximum absolute atomic E-state index is 15.6. The number of nitrogens with one attached hydrogen (secondary N) is 1. The summed E-state index contributed by atoms with van der Waals surface area (Å²) < 4.78 is 54.6. The molecule has 2 atom stereocenters. The number of hydrogen-bond acceptors (Lipinski definition) is 6. The van der Waals surface area contributed by atoms with E-state index < -0.39 is 46.6 Å². The normalized spacial score (nSPS) is 19.5. The summed E-state index contributed by atoms with van der Waals surface area (Å²) >= 11 is 1.02. The van der Waals surface area contributed by atoms with E-state index in [1.165, 1.54) is 6.08 Å². The van der Waals surface area contributed by atoms with Gasteiger partial charge in [0.25, 0.3) is 5.91 Å². The Morgan fingerprint density at radius 1 is 1.28 bits per heavy atom. The van der Waals surface area contributed by atoms with E-state index in [1.54, 1.807) is 23.6 Å². The number of halogens is 3. The molecule has 1 aromatic carbocycles. The molecule has 1 aliphatic carbocycles. The molecule has 0 saturated heterocycles. The third kappa shape index (κ3) is 6.41. The summed E-state index contributed by atoms with van der Waals surface area (Å²) in [7, 11) is 1.05. The second-order valence-corrected chi connectivity index (χ2v) is 9.21. The van der Waals surface area contributed by atoms with Crippen LogP contribution in [0.2, 0.25) is 0 Å². The Labute approximate surface area is 210 Å². The number of carbonyl (C=O) groups is 2. The smallest absolute Gasteiger partial charge is 0.371 e. The minimum absolute atomic E-state index is 0.0971. The standard InChI is InChI=1S/C25H25F3N2O5S/c1-14(2)7-9-35-25(28)8-5-4-6-17(25)20-13-36-24(29-20)30-22(31)15-10-18(26)16(19(27)11-15)12-21(34-3)23(32)33/h4-6,8,10-14,17H,7,9H2,1-3H3,(H,32,33)(H,29,30,31)/b21-12-. The summed E-state index contributed by atoms with van der Waals surface area (Å²) in [4.78, 5) is 27.9. The van der Waals surface area contributed by atoms with Crippen molar-refractivity contribution in [3.05, 3.63) is 76.0 Å². The number of carbonyl (C=O) groups excluding carboxylic acids is 1. The molecule has 2 N–H and O–H groups in total. The van der Waals surface area contributed by atoms with Gasteiger partial charge in [0.15, 0.2) is 5.13 Å². The molecule has 1 aromatic heterocycles. The van der Waals surface area contributed by atoms with Gasteiger partial charge < -0.3 is 14.6 Å². The maximum Gasteiger partial charge on any atom is 0.371 e. The molecular formula is C25H25F3N2O5S. The van der Waals surface area contributed by atoms with E-state index in [0.29, 0.717) is 24.1 Å². The van der Waals surface area contributed by atoms with E-state index in [-0.39, 0.29) is 17.3 Å². The van der Waals surface area contributed by atoms with Gasteiger partial charge in [0, 0.05) is 22.6 Å². The second-order valence-electron chi connectivity index (χ2n) is 8.35. The van der Waals surface area contributed by atoms with Gasteiger partial charge in [-0.3, -0.25) is 10.1 Å². The van der Waals surface area contributed by atoms with Gasteiger partial charge in [-0.25, -0.2) is 22.9 Å². The van der Waals surface area contributed by atoms with Gasteiger partial charge in [0.2, 0.25) is 11.6 Å². The third-order valence-electron chi connectivity index (χ3n) is 5.29. The number of thiazole rings is 1. The first-order valence-corrected chi connectivity index (χ1v) is 11.9. The van der Waals surface area contributed by atoms with Crippen LogP contribution in [0, 0.1) is 17.6 Å². The molecule has 1 aliphatic rings. The topological polar surface area (TPSA) is 97.8 Å². The van der Waals surface area contributed by atoms with E-state index in [1.807, 2.05) is 13.8 Å². The zero-order chi connectivity index (χ0) is 26.5. The highest BCUT2D eigenvalue weighted by atomic mass is 32.1. The lowest BCUT2D eigenvalue weighted by atomic mass is 9.92. The van der Waals surface area contributed by atoms with Crippen molar-refractivity contribution < 1.29 is 37.3 Å². The Bertz CT molecular complexity index is 1200. The summed E-state index contributed by atoms with van der Waals surface area (Å²) in [6, 6.07) is 1.52. The third-order valence-corrected chi connectivity index (χ3v) is 6.07. The van der Waals surface area contributed by atoms with Crippen molar-refractivity contribution in [1.29, 1.82) is 0 Å². The molecule has 192 valence electrons. The van der Waals surface area contributed by atoms with Gasteiger partial charge in [-0.2, -0.15) is 0 Å². The number of nitrogens with zero attached hydrogens (tertiary/aromatic N) is 1. The number of benzene rings is 1. The number of amides is 1. The van der Waals surface area contributed by atoms with Gasteiger partial charge in [-0.15, -0.1) is 11.3 Å². The van der Waals surface area contributed by atoms with Gasteiger partial charge >= 0.3 is 5.97 Å². The largest absolute Gasteiger partial charge is 0.490 e. The van der Waals surface area contributed by atoms with Gasteiger partial charge in [-0.05, 0) is 30.5 Å². The van der Waals surface area contributed by atoms with Crippen LogP contribution in [0.25, 0.3) is 6.08 Å². The van der Waals surface area contributed by atoms with E-state index >= 15 is 4.39 Å². The van der Waals surface area contributed by atoms with E-state index in [9.17, 15) is 18.4 Å². The highest BCUT2D eigenvalue weighted by Crippen LogP contribution is 2.39. The molecule has 2 aromatic rings. The van der Waals surface area contributed by atoms with Crippen LogP contribution in [-0.4, -0.2) is 41.5 Å². The Hall–Kier alpha value is -3.44. The minimum Gasteiger partial charge on any atom is -0.490 e. The van der Waals surface area contributed by atoms with Crippen LogP contribution in [-0.2, 0) is 14.3 Å². The minimum atomic E-state index is -2.11. The first kappa shape index (κ1) is 27.2. The Morgan fingerprint density at radius 3 is 2.58 bits per heavy atom. The quantitative estimate of drug-likeness (QED) is 0.308. The Balaban J connectivity index is 1.76. The number of aromatic nitrogens is 1. The predicted octanol–water partition coefficient (Wildman–Crippen LogP) is 5.68. The molecular weight excluding hydrogens is 497 g/mol. The Morgan fingerprint density at radius 2 is 1.97 bits per heavy atom. The summed E-state index contributed by atoms with van der Waals surface area (Å²) in [6.45, 7) is 4.23. The van der Waals surface area contributed by atoms with Crippen LogP contribution in [0.5, 0.6) is 0 Å². The van der Waals surface area contributed by atoms with Crippen molar-refractivity contribution in [2.75, 3.05) is 19.0 Å². The molecule has 0 saturated carbocycles. The summed E-state index contributed by atoms with van der Waals surface area (Å²) in [6.07, 6.45) is 7.51. The number of aliphatic carboxylic acids is 1. The molecule has 0 radical (unpaired) electrons. The fourth-order valence-corrected chi connectivity index (χ4v) is 4.08. The van der Waals surface area contributed by atoms with Crippen LogP contribution in [0.15, 0.2) is 47.6 Å². The molecule has 7 nitrogen and oxygen atoms in total. The van der Waals surface area contributed by atoms with Crippen molar-refractivity contribution >= 4 is 34.4 Å². The summed E-state index contributed by atoms with van der Waals surface area (Å²) in [5, 5.41) is 13.1. The molecule has 2 unspecified atom stereocenters. The lowest BCUT2D eigenvalue weighted by Gasteiger charge is -2.30. The number of hydrogen-bond donors (Lipinski definition) is 2. The predicted molar refractivity (Wildman–Crippen MR) is 129 cm³/mol. The number of anilines is 1. The van der Waals surface area contributed by atoms with Crippen LogP contribution < -0.4 is 5.32 Å². The average molecular weight is 523 g/mol. The summed E-state index contributed by atoms with van der Waals surface area (Å²) in [5.74, 6) is -7.96. The fraction of sp³-hybridized carbons (Fsp3) is 0.320. The van der Waals surface area contributed by atoms with E-state index in [0.717, 1.165) is 30.6 Å².